The van der Waals surface area contributed by atoms with Gasteiger partial charge in [-0.25, -0.2) is 4.68 Å². The van der Waals surface area contributed by atoms with Gasteiger partial charge in [-0.1, -0.05) is 23.7 Å². The number of anilines is 3. The predicted molar refractivity (Wildman–Crippen MR) is 118 cm³/mol. The van der Waals surface area contributed by atoms with Crippen molar-refractivity contribution in [3.63, 3.8) is 0 Å². The molecule has 0 bridgehead atoms. The van der Waals surface area contributed by atoms with Gasteiger partial charge < -0.3 is 10.2 Å². The van der Waals surface area contributed by atoms with Crippen LogP contribution in [-0.2, 0) is 0 Å². The number of nitrogens with one attached hydrogen (secondary N) is 1. The van der Waals surface area contributed by atoms with Gasteiger partial charge in [0.05, 0.1) is 17.3 Å². The molecule has 0 unspecified atom stereocenters. The third kappa shape index (κ3) is 3.51. The lowest BCUT2D eigenvalue weighted by Crippen LogP contribution is -2.21. The molecule has 6 nitrogen and oxygen atoms in total. The molecule has 5 rings (SSSR count). The topological polar surface area (TPSA) is 58.9 Å². The summed E-state index contributed by atoms with van der Waals surface area (Å²) in [4.78, 5) is 12.0. The first kappa shape index (κ1) is 17.9. The highest BCUT2D eigenvalue weighted by Gasteiger charge is 2.20. The first-order valence-electron chi connectivity index (χ1n) is 9.78. The van der Waals surface area contributed by atoms with Crippen LogP contribution in [0.25, 0.3) is 16.7 Å². The van der Waals surface area contributed by atoms with Gasteiger partial charge >= 0.3 is 0 Å². The molecule has 0 aliphatic carbocycles. The highest BCUT2D eigenvalue weighted by Crippen LogP contribution is 2.29. The molecule has 1 aliphatic heterocycles. The summed E-state index contributed by atoms with van der Waals surface area (Å²) in [5, 5.41) is 9.64. The van der Waals surface area contributed by atoms with Crippen molar-refractivity contribution >= 4 is 40.1 Å². The zero-order valence-corrected chi connectivity index (χ0v) is 16.9. The first-order valence-corrected chi connectivity index (χ1v) is 10.2. The Morgan fingerprint density at radius 3 is 2.55 bits per heavy atom. The van der Waals surface area contributed by atoms with Crippen LogP contribution in [0.1, 0.15) is 18.4 Å². The molecule has 2 aromatic heterocycles. The molecule has 1 aliphatic rings. The Kier molecular flexibility index (Phi) is 4.56. The van der Waals surface area contributed by atoms with E-state index in [0.29, 0.717) is 5.02 Å². The van der Waals surface area contributed by atoms with Gasteiger partial charge in [0.2, 0.25) is 5.95 Å². The van der Waals surface area contributed by atoms with Crippen LogP contribution in [0.15, 0.2) is 54.7 Å². The van der Waals surface area contributed by atoms with E-state index in [4.69, 9.17) is 21.6 Å². The van der Waals surface area contributed by atoms with E-state index in [1.807, 2.05) is 47.3 Å². The maximum absolute atomic E-state index is 6.06. The molecule has 0 radical (unpaired) electrons. The van der Waals surface area contributed by atoms with E-state index in [1.165, 1.54) is 18.4 Å². The van der Waals surface area contributed by atoms with Crippen LogP contribution in [0.3, 0.4) is 0 Å². The third-order valence-electron chi connectivity index (χ3n) is 5.16. The lowest BCUT2D eigenvalue weighted by Gasteiger charge is -2.17. The van der Waals surface area contributed by atoms with Crippen molar-refractivity contribution in [1.29, 1.82) is 0 Å². The standard InChI is InChI=1S/C22H21ClN6/c1-15-5-4-6-17(13-15)25-20-19-14-24-29(18-9-7-16(23)8-10-18)21(19)27-22(26-20)28-11-2-3-12-28/h4-10,13-14H,2-3,11-12H2,1H3,(H,25,26,27). The van der Waals surface area contributed by atoms with Crippen LogP contribution in [0.2, 0.25) is 5.02 Å². The summed E-state index contributed by atoms with van der Waals surface area (Å²) in [6.07, 6.45) is 4.15. The van der Waals surface area contributed by atoms with Crippen molar-refractivity contribution in [1.82, 2.24) is 19.7 Å². The van der Waals surface area contributed by atoms with Crippen molar-refractivity contribution in [2.75, 3.05) is 23.3 Å². The fourth-order valence-electron chi connectivity index (χ4n) is 3.68. The van der Waals surface area contributed by atoms with E-state index < -0.39 is 0 Å². The van der Waals surface area contributed by atoms with E-state index in [-0.39, 0.29) is 0 Å². The van der Waals surface area contributed by atoms with Gasteiger partial charge in [0.15, 0.2) is 5.65 Å². The molecule has 7 heteroatoms. The minimum atomic E-state index is 0.694. The maximum Gasteiger partial charge on any atom is 0.229 e. The van der Waals surface area contributed by atoms with E-state index in [1.54, 1.807) is 0 Å². The number of fused-ring (bicyclic) bond motifs is 1. The van der Waals surface area contributed by atoms with Gasteiger partial charge in [-0.15, -0.1) is 0 Å². The largest absolute Gasteiger partial charge is 0.341 e. The van der Waals surface area contributed by atoms with Crippen LogP contribution in [0.5, 0.6) is 0 Å². The summed E-state index contributed by atoms with van der Waals surface area (Å²) in [5.41, 5.74) is 3.88. The van der Waals surface area contributed by atoms with Crippen LogP contribution in [-0.4, -0.2) is 32.8 Å². The zero-order valence-electron chi connectivity index (χ0n) is 16.1. The van der Waals surface area contributed by atoms with Gasteiger partial charge in [-0.2, -0.15) is 15.1 Å². The quantitative estimate of drug-likeness (QED) is 0.511. The third-order valence-corrected chi connectivity index (χ3v) is 5.41. The molecule has 2 aromatic carbocycles. The predicted octanol–water partition coefficient (Wildman–Crippen LogP) is 5.12. The van der Waals surface area contributed by atoms with Gasteiger partial charge in [0.1, 0.15) is 5.82 Å². The lowest BCUT2D eigenvalue weighted by molar-refractivity contribution is 0.873. The van der Waals surface area contributed by atoms with Gasteiger partial charge in [-0.05, 0) is 61.7 Å². The van der Waals surface area contributed by atoms with E-state index in [9.17, 15) is 0 Å². The Bertz CT molecular complexity index is 1160. The monoisotopic (exact) mass is 404 g/mol. The van der Waals surface area contributed by atoms with Crippen molar-refractivity contribution < 1.29 is 0 Å². The number of hydrogen-bond donors (Lipinski definition) is 1. The second-order valence-corrected chi connectivity index (χ2v) is 7.77. The van der Waals surface area contributed by atoms with Crippen molar-refractivity contribution in [3.8, 4) is 5.69 Å². The van der Waals surface area contributed by atoms with Crippen molar-refractivity contribution in [2.24, 2.45) is 0 Å². The van der Waals surface area contributed by atoms with Gasteiger partial charge in [0, 0.05) is 23.8 Å². The van der Waals surface area contributed by atoms with E-state index in [0.717, 1.165) is 47.3 Å². The molecule has 0 spiro atoms. The van der Waals surface area contributed by atoms with Gasteiger partial charge in [0.25, 0.3) is 0 Å². The van der Waals surface area contributed by atoms with E-state index >= 15 is 0 Å². The lowest BCUT2D eigenvalue weighted by atomic mass is 10.2. The molecule has 0 amide bonds. The normalized spacial score (nSPS) is 13.9. The van der Waals surface area contributed by atoms with Crippen LogP contribution in [0.4, 0.5) is 17.5 Å². The van der Waals surface area contributed by atoms with Crippen LogP contribution < -0.4 is 10.2 Å². The van der Waals surface area contributed by atoms with Crippen molar-refractivity contribution in [3.05, 3.63) is 65.3 Å². The summed E-state index contributed by atoms with van der Waals surface area (Å²) in [5.74, 6) is 1.50. The minimum Gasteiger partial charge on any atom is -0.341 e. The Hall–Kier alpha value is -3.12. The fraction of sp³-hybridized carbons (Fsp3) is 0.227. The van der Waals surface area contributed by atoms with Crippen LogP contribution >= 0.6 is 11.6 Å². The first-order chi connectivity index (χ1) is 14.2. The minimum absolute atomic E-state index is 0.694. The SMILES string of the molecule is Cc1cccc(Nc2nc(N3CCCC3)nc3c2cnn3-c2ccc(Cl)cc2)c1. The van der Waals surface area contributed by atoms with Crippen molar-refractivity contribution in [2.45, 2.75) is 19.8 Å². The average Bonchev–Trinajstić information content (AvgIpc) is 3.39. The number of benzene rings is 2. The van der Waals surface area contributed by atoms with E-state index in [2.05, 4.69) is 34.4 Å². The number of nitrogens with zero attached hydrogens (tertiary/aromatic N) is 5. The Morgan fingerprint density at radius 1 is 1.00 bits per heavy atom. The molecule has 1 N–H and O–H groups in total. The number of halogens is 1. The smallest absolute Gasteiger partial charge is 0.229 e. The summed E-state index contributed by atoms with van der Waals surface area (Å²) >= 11 is 6.06. The summed E-state index contributed by atoms with van der Waals surface area (Å²) in [6.45, 7) is 4.03. The Labute approximate surface area is 174 Å². The second kappa shape index (κ2) is 7.37. The number of rotatable bonds is 4. The number of hydrogen-bond acceptors (Lipinski definition) is 5. The Balaban J connectivity index is 1.65. The summed E-state index contributed by atoms with van der Waals surface area (Å²) in [7, 11) is 0. The molecule has 1 saturated heterocycles. The molecule has 29 heavy (non-hydrogen) atoms. The Morgan fingerprint density at radius 2 is 1.79 bits per heavy atom. The average molecular weight is 405 g/mol. The summed E-state index contributed by atoms with van der Waals surface area (Å²) < 4.78 is 1.84. The molecular formula is C22H21ClN6. The van der Waals surface area contributed by atoms with Crippen LogP contribution in [0, 0.1) is 6.92 Å². The fourth-order valence-corrected chi connectivity index (χ4v) is 3.81. The molecule has 0 atom stereocenters. The van der Waals surface area contributed by atoms with Gasteiger partial charge in [-0.3, -0.25) is 0 Å². The second-order valence-electron chi connectivity index (χ2n) is 7.33. The molecule has 146 valence electrons. The maximum atomic E-state index is 6.06. The summed E-state index contributed by atoms with van der Waals surface area (Å²) in [6, 6.07) is 15.9. The number of aromatic nitrogens is 4. The molecule has 3 heterocycles. The molecule has 1 fully saturated rings. The zero-order chi connectivity index (χ0) is 19.8. The number of aryl methyl sites for hydroxylation is 1. The molecular weight excluding hydrogens is 384 g/mol. The highest BCUT2D eigenvalue weighted by molar-refractivity contribution is 6.30. The molecule has 4 aromatic rings. The molecule has 0 saturated carbocycles. The highest BCUT2D eigenvalue weighted by atomic mass is 35.5.